The van der Waals surface area contributed by atoms with E-state index in [-0.39, 0.29) is 0 Å². The number of aromatic nitrogens is 1. The minimum absolute atomic E-state index is 0.789. The summed E-state index contributed by atoms with van der Waals surface area (Å²) in [6, 6.07) is 4.48. The zero-order chi connectivity index (χ0) is 18.6. The van der Waals surface area contributed by atoms with E-state index in [9.17, 15) is 0 Å². The topological polar surface area (TPSA) is 53.8 Å². The fourth-order valence-electron chi connectivity index (χ4n) is 4.36. The number of nitrogens with one attached hydrogen (secondary N) is 1. The summed E-state index contributed by atoms with van der Waals surface area (Å²) < 4.78 is 11.4. The van der Waals surface area contributed by atoms with Crippen molar-refractivity contribution < 1.29 is 9.26 Å². The SMILES string of the molecule is CN(C)Cc1c(N2CCOCC2)ccc2c(CCC3CCNCC3)noc12. The Balaban J connectivity index is 1.60. The maximum Gasteiger partial charge on any atom is 0.173 e. The summed E-state index contributed by atoms with van der Waals surface area (Å²) >= 11 is 0. The molecule has 1 aromatic heterocycles. The summed E-state index contributed by atoms with van der Waals surface area (Å²) in [5.41, 5.74) is 4.60. The minimum Gasteiger partial charge on any atom is -0.378 e. The van der Waals surface area contributed by atoms with E-state index in [1.807, 2.05) is 0 Å². The van der Waals surface area contributed by atoms with Gasteiger partial charge in [-0.05, 0) is 70.9 Å². The van der Waals surface area contributed by atoms with Gasteiger partial charge in [-0.2, -0.15) is 0 Å². The smallest absolute Gasteiger partial charge is 0.173 e. The van der Waals surface area contributed by atoms with Crippen LogP contribution in [0.2, 0.25) is 0 Å². The Morgan fingerprint density at radius 1 is 1.19 bits per heavy atom. The highest BCUT2D eigenvalue weighted by atomic mass is 16.5. The number of rotatable bonds is 6. The predicted molar refractivity (Wildman–Crippen MR) is 108 cm³/mol. The molecule has 0 amide bonds. The van der Waals surface area contributed by atoms with Gasteiger partial charge in [-0.25, -0.2) is 0 Å². The van der Waals surface area contributed by atoms with Crippen molar-refractivity contribution in [1.29, 1.82) is 0 Å². The maximum absolute atomic E-state index is 5.91. The Hall–Kier alpha value is -1.63. The molecule has 0 saturated carbocycles. The fraction of sp³-hybridized carbons (Fsp3) is 0.667. The molecule has 2 saturated heterocycles. The number of aryl methyl sites for hydroxylation is 1. The van der Waals surface area contributed by atoms with E-state index in [0.29, 0.717) is 0 Å². The van der Waals surface area contributed by atoms with Gasteiger partial charge in [-0.15, -0.1) is 0 Å². The first kappa shape index (κ1) is 18.7. The lowest BCUT2D eigenvalue weighted by Crippen LogP contribution is -2.37. The van der Waals surface area contributed by atoms with E-state index < -0.39 is 0 Å². The second kappa shape index (κ2) is 8.59. The molecule has 0 radical (unpaired) electrons. The van der Waals surface area contributed by atoms with Gasteiger partial charge in [-0.3, -0.25) is 0 Å². The van der Waals surface area contributed by atoms with Gasteiger partial charge in [0.25, 0.3) is 0 Å². The van der Waals surface area contributed by atoms with E-state index in [2.05, 4.69) is 46.5 Å². The molecule has 1 aromatic carbocycles. The third kappa shape index (κ3) is 4.28. The molecule has 0 spiro atoms. The van der Waals surface area contributed by atoms with E-state index in [1.54, 1.807) is 0 Å². The molecule has 2 fully saturated rings. The molecule has 3 heterocycles. The molecule has 148 valence electrons. The largest absolute Gasteiger partial charge is 0.378 e. The average molecular weight is 373 g/mol. The molecule has 0 atom stereocenters. The second-order valence-corrected chi connectivity index (χ2v) is 8.14. The first-order valence-electron chi connectivity index (χ1n) is 10.3. The van der Waals surface area contributed by atoms with Crippen LogP contribution in [-0.2, 0) is 17.7 Å². The van der Waals surface area contributed by atoms with Gasteiger partial charge in [0.2, 0.25) is 0 Å². The normalized spacial score (nSPS) is 19.3. The molecule has 1 N–H and O–H groups in total. The number of hydrogen-bond acceptors (Lipinski definition) is 6. The van der Waals surface area contributed by atoms with Crippen LogP contribution in [0.3, 0.4) is 0 Å². The maximum atomic E-state index is 5.91. The van der Waals surface area contributed by atoms with E-state index in [0.717, 1.165) is 69.6 Å². The van der Waals surface area contributed by atoms with Gasteiger partial charge in [0, 0.05) is 36.3 Å². The molecular weight excluding hydrogens is 340 g/mol. The van der Waals surface area contributed by atoms with E-state index in [4.69, 9.17) is 9.26 Å². The molecule has 27 heavy (non-hydrogen) atoms. The minimum atomic E-state index is 0.789. The Morgan fingerprint density at radius 2 is 1.96 bits per heavy atom. The van der Waals surface area contributed by atoms with Crippen molar-refractivity contribution in [3.8, 4) is 0 Å². The molecule has 2 aliphatic heterocycles. The molecule has 0 aliphatic carbocycles. The number of anilines is 1. The van der Waals surface area contributed by atoms with Crippen molar-refractivity contribution in [3.63, 3.8) is 0 Å². The third-order valence-electron chi connectivity index (χ3n) is 5.87. The molecule has 0 unspecified atom stereocenters. The highest BCUT2D eigenvalue weighted by Crippen LogP contribution is 2.33. The van der Waals surface area contributed by atoms with Crippen LogP contribution < -0.4 is 10.2 Å². The van der Waals surface area contributed by atoms with Crippen LogP contribution >= 0.6 is 0 Å². The molecular formula is C21H32N4O2. The molecule has 2 aliphatic rings. The van der Waals surface area contributed by atoms with Crippen molar-refractivity contribution in [2.45, 2.75) is 32.2 Å². The van der Waals surface area contributed by atoms with Crippen LogP contribution in [0.1, 0.15) is 30.5 Å². The van der Waals surface area contributed by atoms with E-state index >= 15 is 0 Å². The Kier molecular flexibility index (Phi) is 5.95. The van der Waals surface area contributed by atoms with Crippen molar-refractivity contribution in [2.24, 2.45) is 5.92 Å². The number of hydrogen-bond donors (Lipinski definition) is 1. The Labute approximate surface area is 161 Å². The van der Waals surface area contributed by atoms with Crippen molar-refractivity contribution in [1.82, 2.24) is 15.4 Å². The van der Waals surface area contributed by atoms with E-state index in [1.165, 1.54) is 35.9 Å². The van der Waals surface area contributed by atoms with Crippen LogP contribution in [0.4, 0.5) is 5.69 Å². The van der Waals surface area contributed by atoms with Crippen LogP contribution in [0.25, 0.3) is 11.0 Å². The van der Waals surface area contributed by atoms with Crippen LogP contribution in [0, 0.1) is 5.92 Å². The third-order valence-corrected chi connectivity index (χ3v) is 5.87. The van der Waals surface area contributed by atoms with Gasteiger partial charge in [0.15, 0.2) is 5.58 Å². The number of nitrogens with zero attached hydrogens (tertiary/aromatic N) is 3. The van der Waals surface area contributed by atoms with Gasteiger partial charge in [0.1, 0.15) is 0 Å². The van der Waals surface area contributed by atoms with Crippen LogP contribution in [0.15, 0.2) is 16.7 Å². The number of morpholine rings is 1. The number of ether oxygens (including phenoxy) is 1. The molecule has 0 bridgehead atoms. The lowest BCUT2D eigenvalue weighted by atomic mass is 9.92. The highest BCUT2D eigenvalue weighted by molar-refractivity contribution is 5.87. The lowest BCUT2D eigenvalue weighted by Gasteiger charge is -2.31. The zero-order valence-electron chi connectivity index (χ0n) is 16.7. The zero-order valence-corrected chi connectivity index (χ0v) is 16.7. The number of fused-ring (bicyclic) bond motifs is 1. The van der Waals surface area contributed by atoms with Gasteiger partial charge < -0.3 is 24.4 Å². The monoisotopic (exact) mass is 372 g/mol. The molecule has 6 heteroatoms. The van der Waals surface area contributed by atoms with Crippen molar-refractivity contribution >= 4 is 16.7 Å². The fourth-order valence-corrected chi connectivity index (χ4v) is 4.36. The van der Waals surface area contributed by atoms with Gasteiger partial charge >= 0.3 is 0 Å². The molecule has 4 rings (SSSR count). The first-order valence-corrected chi connectivity index (χ1v) is 10.3. The summed E-state index contributed by atoms with van der Waals surface area (Å²) in [4.78, 5) is 4.62. The number of benzene rings is 1. The summed E-state index contributed by atoms with van der Waals surface area (Å²) in [5, 5.41) is 9.12. The highest BCUT2D eigenvalue weighted by Gasteiger charge is 2.22. The van der Waals surface area contributed by atoms with Crippen LogP contribution in [-0.4, -0.2) is 63.5 Å². The summed E-state index contributed by atoms with van der Waals surface area (Å²) in [7, 11) is 4.21. The standard InChI is InChI=1S/C21H32N4O2/c1-24(2)15-18-20(25-11-13-26-14-12-25)6-4-17-19(23-27-21(17)18)5-3-16-7-9-22-10-8-16/h4,6,16,22H,3,5,7-15H2,1-2H3. The average Bonchev–Trinajstić information content (AvgIpc) is 3.11. The molecule has 6 nitrogen and oxygen atoms in total. The summed E-state index contributed by atoms with van der Waals surface area (Å²) in [6.07, 6.45) is 4.78. The Bertz CT molecular complexity index is 746. The summed E-state index contributed by atoms with van der Waals surface area (Å²) in [5.74, 6) is 0.812. The van der Waals surface area contributed by atoms with Crippen molar-refractivity contribution in [3.05, 3.63) is 23.4 Å². The predicted octanol–water partition coefficient (Wildman–Crippen LogP) is 2.66. The lowest BCUT2D eigenvalue weighted by molar-refractivity contribution is 0.122. The quantitative estimate of drug-likeness (QED) is 0.841. The number of piperidine rings is 1. The molecule has 2 aromatic rings. The van der Waals surface area contributed by atoms with Crippen molar-refractivity contribution in [2.75, 3.05) is 58.4 Å². The van der Waals surface area contributed by atoms with Crippen LogP contribution in [0.5, 0.6) is 0 Å². The Morgan fingerprint density at radius 3 is 2.70 bits per heavy atom. The first-order chi connectivity index (χ1) is 13.2. The van der Waals surface area contributed by atoms with Gasteiger partial charge in [-0.1, -0.05) is 5.16 Å². The summed E-state index contributed by atoms with van der Waals surface area (Å²) in [6.45, 7) is 6.60. The second-order valence-electron chi connectivity index (χ2n) is 8.14. The van der Waals surface area contributed by atoms with Gasteiger partial charge in [0.05, 0.1) is 18.9 Å².